The Bertz CT molecular complexity index is 678. The van der Waals surface area contributed by atoms with Crippen LogP contribution in [-0.4, -0.2) is 56.0 Å². The van der Waals surface area contributed by atoms with E-state index < -0.39 is 23.8 Å². The lowest BCUT2D eigenvalue weighted by Crippen LogP contribution is -2.43. The van der Waals surface area contributed by atoms with Gasteiger partial charge in [-0.3, -0.25) is 0 Å². The van der Waals surface area contributed by atoms with Crippen molar-refractivity contribution in [3.05, 3.63) is 23.3 Å². The lowest BCUT2D eigenvalue weighted by Gasteiger charge is -2.31. The second-order valence-electron chi connectivity index (χ2n) is 5.92. The number of hydrogen-bond acceptors (Lipinski definition) is 5. The molecule has 152 valence electrons. The van der Waals surface area contributed by atoms with Crippen LogP contribution in [0, 0.1) is 6.92 Å². The van der Waals surface area contributed by atoms with Crippen LogP contribution < -0.4 is 4.74 Å². The molecule has 0 amide bonds. The zero-order valence-electron chi connectivity index (χ0n) is 16.2. The van der Waals surface area contributed by atoms with Gasteiger partial charge in [-0.15, -0.1) is 0 Å². The van der Waals surface area contributed by atoms with Gasteiger partial charge in [0.05, 0.1) is 19.1 Å². The molecule has 1 aromatic carbocycles. The minimum atomic E-state index is -4.95. The Morgan fingerprint density at radius 1 is 1.26 bits per heavy atom. The summed E-state index contributed by atoms with van der Waals surface area (Å²) in [6.45, 7) is 6.14. The Kier molecular flexibility index (Phi) is 8.08. The molecule has 0 aliphatic heterocycles. The summed E-state index contributed by atoms with van der Waals surface area (Å²) in [4.78, 5) is 10.8. The van der Waals surface area contributed by atoms with Gasteiger partial charge < -0.3 is 19.6 Å². The Hall–Kier alpha value is -2.29. The summed E-state index contributed by atoms with van der Waals surface area (Å²) in [7, 11) is 3.06. The van der Waals surface area contributed by atoms with E-state index >= 15 is 0 Å². The van der Waals surface area contributed by atoms with E-state index in [2.05, 4.69) is 15.0 Å². The third kappa shape index (κ3) is 5.59. The van der Waals surface area contributed by atoms with Crippen molar-refractivity contribution in [1.82, 2.24) is 4.90 Å². The maximum Gasteiger partial charge on any atom is 0.421 e. The topological polar surface area (TPSA) is 66.7 Å². The third-order valence-corrected chi connectivity index (χ3v) is 3.99. The molecule has 0 saturated carbocycles. The summed E-state index contributed by atoms with van der Waals surface area (Å²) >= 11 is 0. The number of benzene rings is 1. The van der Waals surface area contributed by atoms with Crippen molar-refractivity contribution in [2.45, 2.75) is 39.0 Å². The van der Waals surface area contributed by atoms with Gasteiger partial charge in [-0.25, -0.2) is 4.99 Å². The van der Waals surface area contributed by atoms with Crippen molar-refractivity contribution in [3.8, 4) is 5.75 Å². The molecule has 6 nitrogen and oxygen atoms in total. The molecule has 0 spiro atoms. The van der Waals surface area contributed by atoms with Gasteiger partial charge in [-0.1, -0.05) is 5.16 Å². The number of alkyl halides is 3. The highest BCUT2D eigenvalue weighted by Crippen LogP contribution is 2.46. The number of hydrogen-bond donors (Lipinski definition) is 1. The number of aliphatic imine (C=N–C) groups is 1. The second kappa shape index (κ2) is 9.59. The standard InChI is InChI=1S/C18H26F3N3O3/c1-6-24(4)12-22-15-11-16(26-5)14(10-13(15)3)17(25,18(19,20)21)8-9-23-27-7-2/h9-12,25H,6-8H2,1-5H3/b22-12+,23-9+. The largest absolute Gasteiger partial charge is 0.496 e. The average Bonchev–Trinajstić information content (AvgIpc) is 2.62. The summed E-state index contributed by atoms with van der Waals surface area (Å²) in [6.07, 6.45) is -3.29. The highest BCUT2D eigenvalue weighted by atomic mass is 19.4. The third-order valence-electron chi connectivity index (χ3n) is 3.99. The van der Waals surface area contributed by atoms with E-state index in [4.69, 9.17) is 4.74 Å². The first-order chi connectivity index (χ1) is 12.6. The number of rotatable bonds is 9. The molecule has 1 atom stereocenters. The summed E-state index contributed by atoms with van der Waals surface area (Å²) in [5.74, 6) is -0.114. The van der Waals surface area contributed by atoms with Crippen molar-refractivity contribution in [3.63, 3.8) is 0 Å². The van der Waals surface area contributed by atoms with Crippen LogP contribution in [-0.2, 0) is 10.4 Å². The first-order valence-corrected chi connectivity index (χ1v) is 8.47. The molecule has 1 N–H and O–H groups in total. The Morgan fingerprint density at radius 3 is 2.44 bits per heavy atom. The second-order valence-corrected chi connectivity index (χ2v) is 5.92. The molecule has 0 aliphatic carbocycles. The molecule has 0 aliphatic rings. The van der Waals surface area contributed by atoms with Crippen LogP contribution in [0.4, 0.5) is 18.9 Å². The van der Waals surface area contributed by atoms with Gasteiger partial charge in [-0.2, -0.15) is 13.2 Å². The van der Waals surface area contributed by atoms with Gasteiger partial charge in [0.2, 0.25) is 0 Å². The van der Waals surface area contributed by atoms with Crippen molar-refractivity contribution in [2.75, 3.05) is 27.3 Å². The zero-order valence-corrected chi connectivity index (χ0v) is 16.2. The van der Waals surface area contributed by atoms with E-state index in [0.29, 0.717) is 11.3 Å². The predicted octanol–water partition coefficient (Wildman–Crippen LogP) is 3.78. The van der Waals surface area contributed by atoms with Crippen molar-refractivity contribution < 1.29 is 27.9 Å². The minimum absolute atomic E-state index is 0.114. The molecule has 27 heavy (non-hydrogen) atoms. The summed E-state index contributed by atoms with van der Waals surface area (Å²) in [5, 5.41) is 13.9. The lowest BCUT2D eigenvalue weighted by atomic mass is 9.88. The van der Waals surface area contributed by atoms with E-state index in [-0.39, 0.29) is 12.4 Å². The van der Waals surface area contributed by atoms with E-state index in [1.807, 2.05) is 18.9 Å². The summed E-state index contributed by atoms with van der Waals surface area (Å²) < 4.78 is 46.2. The fourth-order valence-corrected chi connectivity index (χ4v) is 2.23. The average molecular weight is 389 g/mol. The molecule has 1 unspecified atom stereocenters. The fourth-order valence-electron chi connectivity index (χ4n) is 2.23. The van der Waals surface area contributed by atoms with Crippen LogP contribution in [0.5, 0.6) is 5.75 Å². The van der Waals surface area contributed by atoms with Gasteiger partial charge in [0.15, 0.2) is 5.60 Å². The van der Waals surface area contributed by atoms with Crippen LogP contribution >= 0.6 is 0 Å². The van der Waals surface area contributed by atoms with Gasteiger partial charge in [-0.05, 0) is 32.4 Å². The van der Waals surface area contributed by atoms with E-state index in [1.54, 1.807) is 20.2 Å². The van der Waals surface area contributed by atoms with Crippen molar-refractivity contribution >= 4 is 18.2 Å². The van der Waals surface area contributed by atoms with Gasteiger partial charge in [0.25, 0.3) is 0 Å². The Morgan fingerprint density at radius 2 is 1.93 bits per heavy atom. The van der Waals surface area contributed by atoms with Crippen molar-refractivity contribution in [2.24, 2.45) is 10.1 Å². The number of aryl methyl sites for hydroxylation is 1. The molecule has 1 rings (SSSR count). The molecular weight excluding hydrogens is 363 g/mol. The fraction of sp³-hybridized carbons (Fsp3) is 0.556. The molecule has 1 aromatic rings. The van der Waals surface area contributed by atoms with Gasteiger partial charge in [0, 0.05) is 37.9 Å². The normalized spacial score (nSPS) is 14.6. The number of oxime groups is 1. The van der Waals surface area contributed by atoms with E-state index in [1.165, 1.54) is 19.2 Å². The maximum absolute atomic E-state index is 13.7. The lowest BCUT2D eigenvalue weighted by molar-refractivity contribution is -0.263. The predicted molar refractivity (Wildman–Crippen MR) is 98.9 cm³/mol. The number of aliphatic hydroxyl groups is 1. The Labute approximate surface area is 157 Å². The first-order valence-electron chi connectivity index (χ1n) is 8.47. The number of halogens is 3. The zero-order chi connectivity index (χ0) is 20.7. The summed E-state index contributed by atoms with van der Waals surface area (Å²) in [6, 6.07) is 2.61. The number of ether oxygens (including phenoxy) is 1. The molecule has 0 bridgehead atoms. The molecule has 0 heterocycles. The van der Waals surface area contributed by atoms with Crippen LogP contribution in [0.1, 0.15) is 31.4 Å². The summed E-state index contributed by atoms with van der Waals surface area (Å²) in [5.41, 5.74) is -2.66. The monoisotopic (exact) mass is 389 g/mol. The minimum Gasteiger partial charge on any atom is -0.496 e. The quantitative estimate of drug-likeness (QED) is 0.397. The SMILES string of the molecule is CCO/N=C/CC(O)(c1cc(C)c(/N=C/N(C)CC)cc1OC)C(F)(F)F. The molecule has 0 fully saturated rings. The van der Waals surface area contributed by atoms with Gasteiger partial charge >= 0.3 is 6.18 Å². The Balaban J connectivity index is 3.41. The first kappa shape index (κ1) is 22.8. The molecule has 0 radical (unpaired) electrons. The number of nitrogens with zero attached hydrogens (tertiary/aromatic N) is 3. The van der Waals surface area contributed by atoms with Crippen molar-refractivity contribution in [1.29, 1.82) is 0 Å². The van der Waals surface area contributed by atoms with Crippen LogP contribution in [0.2, 0.25) is 0 Å². The highest BCUT2D eigenvalue weighted by molar-refractivity contribution is 5.66. The molecule has 0 aromatic heterocycles. The van der Waals surface area contributed by atoms with E-state index in [9.17, 15) is 18.3 Å². The smallest absolute Gasteiger partial charge is 0.421 e. The highest BCUT2D eigenvalue weighted by Gasteiger charge is 2.56. The van der Waals surface area contributed by atoms with Crippen LogP contribution in [0.3, 0.4) is 0 Å². The van der Waals surface area contributed by atoms with Crippen LogP contribution in [0.25, 0.3) is 0 Å². The molecule has 9 heteroatoms. The van der Waals surface area contributed by atoms with E-state index in [0.717, 1.165) is 12.8 Å². The van der Waals surface area contributed by atoms with Gasteiger partial charge in [0.1, 0.15) is 12.4 Å². The van der Waals surface area contributed by atoms with Crippen LogP contribution in [0.15, 0.2) is 22.3 Å². The number of methoxy groups -OCH3 is 1. The maximum atomic E-state index is 13.7. The molecule has 0 saturated heterocycles. The molecular formula is C18H26F3N3O3.